The minimum Gasteiger partial charge on any atom is -0.341 e. The van der Waals surface area contributed by atoms with Crippen LogP contribution in [0.25, 0.3) is 11.0 Å². The Balaban J connectivity index is 1.65. The minimum atomic E-state index is 0.295. The predicted molar refractivity (Wildman–Crippen MR) is 81.9 cm³/mol. The maximum absolute atomic E-state index is 4.63. The quantitative estimate of drug-likeness (QED) is 0.751. The highest BCUT2D eigenvalue weighted by atomic mass is 15.3. The Labute approximate surface area is 123 Å². The van der Waals surface area contributed by atoms with Crippen LogP contribution in [0.3, 0.4) is 0 Å². The number of nitrogens with zero attached hydrogens (tertiary/aromatic N) is 4. The van der Waals surface area contributed by atoms with E-state index in [2.05, 4.69) is 58.3 Å². The van der Waals surface area contributed by atoms with Crippen molar-refractivity contribution in [3.05, 3.63) is 41.7 Å². The zero-order chi connectivity index (χ0) is 14.8. The largest absolute Gasteiger partial charge is 0.341 e. The lowest BCUT2D eigenvalue weighted by Gasteiger charge is -2.12. The number of benzene rings is 1. The molecule has 0 saturated carbocycles. The molecule has 1 aromatic carbocycles. The summed E-state index contributed by atoms with van der Waals surface area (Å²) in [6.07, 6.45) is 3.28. The summed E-state index contributed by atoms with van der Waals surface area (Å²) >= 11 is 0. The molecular formula is C15H20N6. The highest BCUT2D eigenvalue weighted by Crippen LogP contribution is 2.17. The van der Waals surface area contributed by atoms with Crippen LogP contribution in [-0.2, 0) is 13.1 Å². The van der Waals surface area contributed by atoms with Crippen molar-refractivity contribution in [2.24, 2.45) is 0 Å². The Bertz CT molecular complexity index is 689. The molecule has 6 nitrogen and oxygen atoms in total. The third-order valence-electron chi connectivity index (χ3n) is 3.69. The molecule has 0 aliphatic heterocycles. The lowest BCUT2D eigenvalue weighted by Crippen LogP contribution is -2.30. The van der Waals surface area contributed by atoms with Crippen molar-refractivity contribution in [1.82, 2.24) is 30.0 Å². The summed E-state index contributed by atoms with van der Waals surface area (Å²) in [5.41, 5.74) is 4.68. The molecule has 0 saturated heterocycles. The number of rotatable bonds is 5. The average Bonchev–Trinajstić information content (AvgIpc) is 3.06. The number of imidazole rings is 1. The molecule has 0 aliphatic carbocycles. The summed E-state index contributed by atoms with van der Waals surface area (Å²) in [5.74, 6) is 0.959. The van der Waals surface area contributed by atoms with E-state index in [0.717, 1.165) is 23.4 Å². The van der Waals surface area contributed by atoms with Crippen molar-refractivity contribution in [2.45, 2.75) is 39.9 Å². The second kappa shape index (κ2) is 5.65. The van der Waals surface area contributed by atoms with Gasteiger partial charge in [0, 0.05) is 6.04 Å². The molecule has 0 amide bonds. The van der Waals surface area contributed by atoms with E-state index in [4.69, 9.17) is 0 Å². The molecule has 1 atom stereocenters. The van der Waals surface area contributed by atoms with Crippen LogP contribution >= 0.6 is 0 Å². The number of H-pyrrole nitrogens is 1. The number of aryl methyl sites for hydroxylation is 2. The molecule has 110 valence electrons. The summed E-state index contributed by atoms with van der Waals surface area (Å²) in [5, 5.41) is 7.55. The van der Waals surface area contributed by atoms with Crippen molar-refractivity contribution in [2.75, 3.05) is 0 Å². The van der Waals surface area contributed by atoms with E-state index in [-0.39, 0.29) is 0 Å². The van der Waals surface area contributed by atoms with E-state index >= 15 is 0 Å². The van der Waals surface area contributed by atoms with Crippen LogP contribution in [0.15, 0.2) is 24.8 Å². The molecule has 2 N–H and O–H groups in total. The van der Waals surface area contributed by atoms with Crippen LogP contribution in [0.1, 0.15) is 23.9 Å². The van der Waals surface area contributed by atoms with E-state index in [1.165, 1.54) is 11.1 Å². The fourth-order valence-electron chi connectivity index (χ4n) is 2.35. The van der Waals surface area contributed by atoms with Crippen molar-refractivity contribution < 1.29 is 0 Å². The first kappa shape index (κ1) is 13.8. The third kappa shape index (κ3) is 3.11. The first-order valence-electron chi connectivity index (χ1n) is 7.13. The first-order valence-corrected chi connectivity index (χ1v) is 7.13. The molecule has 2 aromatic heterocycles. The van der Waals surface area contributed by atoms with Gasteiger partial charge < -0.3 is 10.3 Å². The topological polar surface area (TPSA) is 71.4 Å². The highest BCUT2D eigenvalue weighted by molar-refractivity contribution is 5.77. The number of hydrogen-bond acceptors (Lipinski definition) is 4. The molecule has 0 spiro atoms. The molecule has 0 unspecified atom stereocenters. The van der Waals surface area contributed by atoms with Gasteiger partial charge in [-0.3, -0.25) is 4.68 Å². The van der Waals surface area contributed by atoms with E-state index in [9.17, 15) is 0 Å². The molecular weight excluding hydrogens is 264 g/mol. The van der Waals surface area contributed by atoms with Crippen molar-refractivity contribution in [3.63, 3.8) is 0 Å². The average molecular weight is 284 g/mol. The first-order chi connectivity index (χ1) is 10.1. The van der Waals surface area contributed by atoms with Crippen LogP contribution < -0.4 is 5.32 Å². The maximum atomic E-state index is 4.63. The lowest BCUT2D eigenvalue weighted by atomic mass is 10.1. The van der Waals surface area contributed by atoms with Gasteiger partial charge in [0.1, 0.15) is 18.5 Å². The third-order valence-corrected chi connectivity index (χ3v) is 3.69. The molecule has 0 aliphatic rings. The van der Waals surface area contributed by atoms with Crippen LogP contribution in [0.2, 0.25) is 0 Å². The standard InChI is InChI=1S/C15H20N6/c1-10-4-13-14(5-11(10)2)20-15(19-13)6-17-12(3)7-21-9-16-8-18-21/h4-5,8-9,12,17H,6-7H2,1-3H3,(H,19,20)/t12-/m0/s1. The van der Waals surface area contributed by atoms with Crippen molar-refractivity contribution in [1.29, 1.82) is 0 Å². The summed E-state index contributed by atoms with van der Waals surface area (Å²) < 4.78 is 1.82. The Kier molecular flexibility index (Phi) is 3.70. The smallest absolute Gasteiger partial charge is 0.137 e. The van der Waals surface area contributed by atoms with Crippen molar-refractivity contribution >= 4 is 11.0 Å². The molecule has 0 fully saturated rings. The number of aromatic amines is 1. The van der Waals surface area contributed by atoms with Gasteiger partial charge in [0.2, 0.25) is 0 Å². The maximum Gasteiger partial charge on any atom is 0.137 e. The summed E-state index contributed by atoms with van der Waals surface area (Å²) in [7, 11) is 0. The van der Waals surface area contributed by atoms with Gasteiger partial charge in [0.25, 0.3) is 0 Å². The highest BCUT2D eigenvalue weighted by Gasteiger charge is 2.07. The van der Waals surface area contributed by atoms with Gasteiger partial charge in [-0.05, 0) is 44.0 Å². The zero-order valence-electron chi connectivity index (χ0n) is 12.6. The van der Waals surface area contributed by atoms with Gasteiger partial charge in [-0.2, -0.15) is 5.10 Å². The van der Waals surface area contributed by atoms with Crippen LogP contribution in [0.4, 0.5) is 0 Å². The molecule has 3 rings (SSSR count). The Morgan fingerprint density at radius 2 is 2.10 bits per heavy atom. The number of hydrogen-bond donors (Lipinski definition) is 2. The van der Waals surface area contributed by atoms with Crippen LogP contribution in [0, 0.1) is 13.8 Å². The van der Waals surface area contributed by atoms with Crippen LogP contribution in [0.5, 0.6) is 0 Å². The van der Waals surface area contributed by atoms with Gasteiger partial charge in [0.05, 0.1) is 24.1 Å². The molecule has 21 heavy (non-hydrogen) atoms. The fourth-order valence-corrected chi connectivity index (χ4v) is 2.35. The monoisotopic (exact) mass is 284 g/mol. The van der Waals surface area contributed by atoms with E-state index in [1.54, 1.807) is 12.7 Å². The SMILES string of the molecule is Cc1cc2nc(CN[C@@H](C)Cn3cncn3)[nH]c2cc1C. The second-order valence-corrected chi connectivity index (χ2v) is 5.54. The van der Waals surface area contributed by atoms with Crippen LogP contribution in [-0.4, -0.2) is 30.8 Å². The number of aromatic nitrogens is 5. The van der Waals surface area contributed by atoms with Gasteiger partial charge in [0.15, 0.2) is 0 Å². The summed E-state index contributed by atoms with van der Waals surface area (Å²) in [6.45, 7) is 7.86. The normalized spacial score (nSPS) is 12.9. The molecule has 2 heterocycles. The molecule has 3 aromatic rings. The number of fused-ring (bicyclic) bond motifs is 1. The fraction of sp³-hybridized carbons (Fsp3) is 0.400. The van der Waals surface area contributed by atoms with E-state index in [0.29, 0.717) is 12.6 Å². The Hall–Kier alpha value is -2.21. The van der Waals surface area contributed by atoms with Gasteiger partial charge in [-0.25, -0.2) is 9.97 Å². The summed E-state index contributed by atoms with van der Waals surface area (Å²) in [6, 6.07) is 4.58. The second-order valence-electron chi connectivity index (χ2n) is 5.54. The van der Waals surface area contributed by atoms with Gasteiger partial charge in [-0.1, -0.05) is 0 Å². The minimum absolute atomic E-state index is 0.295. The Morgan fingerprint density at radius 3 is 2.86 bits per heavy atom. The predicted octanol–water partition coefficient (Wildman–Crippen LogP) is 1.95. The molecule has 0 bridgehead atoms. The molecule has 0 radical (unpaired) electrons. The van der Waals surface area contributed by atoms with E-state index in [1.807, 2.05) is 4.68 Å². The van der Waals surface area contributed by atoms with E-state index < -0.39 is 0 Å². The number of nitrogens with one attached hydrogen (secondary N) is 2. The van der Waals surface area contributed by atoms with Crippen molar-refractivity contribution in [3.8, 4) is 0 Å². The lowest BCUT2D eigenvalue weighted by molar-refractivity contribution is 0.446. The van der Waals surface area contributed by atoms with Gasteiger partial charge >= 0.3 is 0 Å². The Morgan fingerprint density at radius 1 is 1.29 bits per heavy atom. The van der Waals surface area contributed by atoms with Gasteiger partial charge in [-0.15, -0.1) is 0 Å². The zero-order valence-corrected chi connectivity index (χ0v) is 12.6. The molecule has 6 heteroatoms. The summed E-state index contributed by atoms with van der Waals surface area (Å²) in [4.78, 5) is 11.9.